The molecular formula is C7H13NO2S. The average Bonchev–Trinajstić information content (AvgIpc) is 1.84. The second-order valence-electron chi connectivity index (χ2n) is 2.35. The molecule has 0 aliphatic rings. The smallest absolute Gasteiger partial charge is 0.209 e. The first-order valence-corrected chi connectivity index (χ1v) is 4.95. The van der Waals surface area contributed by atoms with Gasteiger partial charge in [0.05, 0.1) is 5.75 Å². The standard InChI is InChI=1S/C7H13NO2S/c1-3-5-7(4-2)6-11(8,9)10/h3-4,7H,1-2,5-6H2,(H2,8,9,10)/t7-/m0/s1. The molecule has 0 aliphatic carbocycles. The Balaban J connectivity index is 4.08. The molecule has 0 aromatic heterocycles. The van der Waals surface area contributed by atoms with Crippen molar-refractivity contribution in [1.29, 1.82) is 0 Å². The molecule has 0 heterocycles. The highest BCUT2D eigenvalue weighted by molar-refractivity contribution is 7.89. The Labute approximate surface area is 67.7 Å². The summed E-state index contributed by atoms with van der Waals surface area (Å²) in [6, 6.07) is 0. The minimum Gasteiger partial charge on any atom is -0.229 e. The summed E-state index contributed by atoms with van der Waals surface area (Å²) in [5.74, 6) is -0.162. The zero-order valence-corrected chi connectivity index (χ0v) is 7.18. The van der Waals surface area contributed by atoms with Crippen molar-refractivity contribution in [2.24, 2.45) is 11.1 Å². The average molecular weight is 175 g/mol. The van der Waals surface area contributed by atoms with Crippen LogP contribution >= 0.6 is 0 Å². The quantitative estimate of drug-likeness (QED) is 0.624. The molecule has 0 unspecified atom stereocenters. The fourth-order valence-corrected chi connectivity index (χ4v) is 1.61. The van der Waals surface area contributed by atoms with Gasteiger partial charge in [-0.2, -0.15) is 0 Å². The van der Waals surface area contributed by atoms with Crippen molar-refractivity contribution < 1.29 is 8.42 Å². The summed E-state index contributed by atoms with van der Waals surface area (Å²) in [7, 11) is -3.38. The Bertz CT molecular complexity index is 231. The van der Waals surface area contributed by atoms with Gasteiger partial charge in [0.1, 0.15) is 0 Å². The number of nitrogens with two attached hydrogens (primary N) is 1. The molecule has 0 amide bonds. The van der Waals surface area contributed by atoms with E-state index in [1.165, 1.54) is 0 Å². The van der Waals surface area contributed by atoms with Crippen molar-refractivity contribution in [3.8, 4) is 0 Å². The highest BCUT2D eigenvalue weighted by Crippen LogP contribution is 2.06. The van der Waals surface area contributed by atoms with Crippen LogP contribution in [0.15, 0.2) is 25.3 Å². The van der Waals surface area contributed by atoms with Gasteiger partial charge in [-0.1, -0.05) is 12.2 Å². The zero-order chi connectivity index (χ0) is 8.91. The van der Waals surface area contributed by atoms with Gasteiger partial charge in [0.15, 0.2) is 0 Å². The predicted molar refractivity (Wildman–Crippen MR) is 46.5 cm³/mol. The van der Waals surface area contributed by atoms with E-state index in [9.17, 15) is 8.42 Å². The topological polar surface area (TPSA) is 60.2 Å². The van der Waals surface area contributed by atoms with E-state index in [2.05, 4.69) is 13.2 Å². The Hall–Kier alpha value is -0.610. The first-order valence-electron chi connectivity index (χ1n) is 3.23. The Morgan fingerprint density at radius 1 is 1.45 bits per heavy atom. The van der Waals surface area contributed by atoms with Crippen LogP contribution in [0, 0.1) is 5.92 Å². The lowest BCUT2D eigenvalue weighted by Crippen LogP contribution is -2.21. The Morgan fingerprint density at radius 3 is 2.27 bits per heavy atom. The van der Waals surface area contributed by atoms with Crippen molar-refractivity contribution >= 4 is 10.0 Å². The summed E-state index contributed by atoms with van der Waals surface area (Å²) in [6.45, 7) is 6.99. The van der Waals surface area contributed by atoms with E-state index in [1.54, 1.807) is 12.2 Å². The molecule has 0 aliphatic heterocycles. The molecule has 0 rings (SSSR count). The van der Waals surface area contributed by atoms with Crippen molar-refractivity contribution in [3.05, 3.63) is 25.3 Å². The van der Waals surface area contributed by atoms with Crippen LogP contribution in [-0.2, 0) is 10.0 Å². The highest BCUT2D eigenvalue weighted by Gasteiger charge is 2.10. The lowest BCUT2D eigenvalue weighted by molar-refractivity contribution is 0.586. The van der Waals surface area contributed by atoms with Crippen LogP contribution in [0.1, 0.15) is 6.42 Å². The highest BCUT2D eigenvalue weighted by atomic mass is 32.2. The largest absolute Gasteiger partial charge is 0.229 e. The fraction of sp³-hybridized carbons (Fsp3) is 0.429. The van der Waals surface area contributed by atoms with Gasteiger partial charge in [-0.25, -0.2) is 13.6 Å². The van der Waals surface area contributed by atoms with Crippen molar-refractivity contribution in [2.45, 2.75) is 6.42 Å². The molecule has 1 atom stereocenters. The molecule has 0 aromatic carbocycles. The normalized spacial score (nSPS) is 13.9. The zero-order valence-electron chi connectivity index (χ0n) is 6.36. The molecule has 0 bridgehead atoms. The van der Waals surface area contributed by atoms with Crippen LogP contribution in [0.25, 0.3) is 0 Å². The number of allylic oxidation sites excluding steroid dienone is 2. The number of hydrogen-bond acceptors (Lipinski definition) is 2. The molecule has 2 N–H and O–H groups in total. The third-order valence-corrected chi connectivity index (χ3v) is 2.14. The molecule has 3 nitrogen and oxygen atoms in total. The molecule has 11 heavy (non-hydrogen) atoms. The maximum Gasteiger partial charge on any atom is 0.209 e. The minimum absolute atomic E-state index is 0.0531. The number of primary sulfonamides is 1. The van der Waals surface area contributed by atoms with E-state index < -0.39 is 10.0 Å². The number of rotatable bonds is 5. The van der Waals surface area contributed by atoms with E-state index in [1.807, 2.05) is 0 Å². The van der Waals surface area contributed by atoms with Crippen molar-refractivity contribution in [1.82, 2.24) is 0 Å². The molecule has 0 saturated heterocycles. The summed E-state index contributed by atoms with van der Waals surface area (Å²) in [5, 5.41) is 4.83. The van der Waals surface area contributed by atoms with Gasteiger partial charge in [0, 0.05) is 0 Å². The molecule has 0 saturated carbocycles. The second-order valence-corrected chi connectivity index (χ2v) is 4.01. The predicted octanol–water partition coefficient (Wildman–Crippen LogP) is 0.653. The third-order valence-electron chi connectivity index (χ3n) is 1.25. The fourth-order valence-electron chi connectivity index (χ4n) is 0.745. The van der Waals surface area contributed by atoms with Crippen LogP contribution in [0.3, 0.4) is 0 Å². The maximum atomic E-state index is 10.6. The van der Waals surface area contributed by atoms with Crippen LogP contribution in [0.2, 0.25) is 0 Å². The molecule has 0 aromatic rings. The van der Waals surface area contributed by atoms with Gasteiger partial charge >= 0.3 is 0 Å². The second kappa shape index (κ2) is 4.31. The van der Waals surface area contributed by atoms with Crippen LogP contribution in [0.5, 0.6) is 0 Å². The van der Waals surface area contributed by atoms with Gasteiger partial charge in [-0.05, 0) is 12.3 Å². The summed E-state index contributed by atoms with van der Waals surface area (Å²) in [4.78, 5) is 0. The Kier molecular flexibility index (Phi) is 4.07. The summed E-state index contributed by atoms with van der Waals surface area (Å²) < 4.78 is 21.1. The summed E-state index contributed by atoms with van der Waals surface area (Å²) in [5.41, 5.74) is 0. The van der Waals surface area contributed by atoms with Gasteiger partial charge in [0.2, 0.25) is 10.0 Å². The SMILES string of the molecule is C=CC[C@H](C=C)CS(N)(=O)=O. The molecule has 0 radical (unpaired) electrons. The monoisotopic (exact) mass is 175 g/mol. The van der Waals surface area contributed by atoms with Gasteiger partial charge < -0.3 is 0 Å². The number of hydrogen-bond donors (Lipinski definition) is 1. The van der Waals surface area contributed by atoms with Crippen LogP contribution < -0.4 is 5.14 Å². The molecule has 64 valence electrons. The molecule has 4 heteroatoms. The minimum atomic E-state index is -3.38. The van der Waals surface area contributed by atoms with E-state index >= 15 is 0 Å². The first kappa shape index (κ1) is 10.4. The molecular weight excluding hydrogens is 162 g/mol. The van der Waals surface area contributed by atoms with E-state index in [-0.39, 0.29) is 11.7 Å². The van der Waals surface area contributed by atoms with Crippen LogP contribution in [0.4, 0.5) is 0 Å². The van der Waals surface area contributed by atoms with Gasteiger partial charge in [-0.3, -0.25) is 0 Å². The van der Waals surface area contributed by atoms with E-state index in [4.69, 9.17) is 5.14 Å². The maximum absolute atomic E-state index is 10.6. The van der Waals surface area contributed by atoms with Crippen molar-refractivity contribution in [2.75, 3.05) is 5.75 Å². The summed E-state index contributed by atoms with van der Waals surface area (Å²) in [6.07, 6.45) is 3.82. The van der Waals surface area contributed by atoms with E-state index in [0.717, 1.165) is 0 Å². The molecule has 0 fully saturated rings. The van der Waals surface area contributed by atoms with Gasteiger partial charge in [-0.15, -0.1) is 13.2 Å². The lowest BCUT2D eigenvalue weighted by Gasteiger charge is -2.06. The van der Waals surface area contributed by atoms with E-state index in [0.29, 0.717) is 6.42 Å². The number of sulfonamides is 1. The van der Waals surface area contributed by atoms with Crippen LogP contribution in [-0.4, -0.2) is 14.2 Å². The molecule has 0 spiro atoms. The van der Waals surface area contributed by atoms with Crippen molar-refractivity contribution in [3.63, 3.8) is 0 Å². The lowest BCUT2D eigenvalue weighted by atomic mass is 10.1. The summed E-state index contributed by atoms with van der Waals surface area (Å²) >= 11 is 0. The first-order chi connectivity index (χ1) is 4.99. The third kappa shape index (κ3) is 5.82. The van der Waals surface area contributed by atoms with Gasteiger partial charge in [0.25, 0.3) is 0 Å². The Morgan fingerprint density at radius 2 is 2.00 bits per heavy atom.